The summed E-state index contributed by atoms with van der Waals surface area (Å²) in [5.74, 6) is 2.32. The van der Waals surface area contributed by atoms with Crippen molar-refractivity contribution in [3.63, 3.8) is 0 Å². The van der Waals surface area contributed by atoms with Crippen molar-refractivity contribution in [3.05, 3.63) is 12.2 Å². The Labute approximate surface area is 162 Å². The van der Waals surface area contributed by atoms with Crippen LogP contribution in [0, 0.1) is 5.92 Å². The van der Waals surface area contributed by atoms with Crippen molar-refractivity contribution in [1.82, 2.24) is 30.3 Å². The minimum Gasteiger partial charge on any atom is -0.357 e. The van der Waals surface area contributed by atoms with E-state index in [1.165, 1.54) is 32.4 Å². The molecule has 7 nitrogen and oxygen atoms in total. The van der Waals surface area contributed by atoms with Gasteiger partial charge in [-0.2, -0.15) is 5.10 Å². The molecule has 1 saturated heterocycles. The van der Waals surface area contributed by atoms with Crippen molar-refractivity contribution in [2.24, 2.45) is 18.0 Å². The van der Waals surface area contributed by atoms with Gasteiger partial charge in [0.25, 0.3) is 0 Å². The quantitative estimate of drug-likeness (QED) is 0.376. The highest BCUT2D eigenvalue weighted by Gasteiger charge is 2.13. The van der Waals surface area contributed by atoms with Crippen LogP contribution >= 0.6 is 24.0 Å². The van der Waals surface area contributed by atoms with Gasteiger partial charge in [-0.05, 0) is 38.8 Å². The van der Waals surface area contributed by atoms with Crippen LogP contribution in [0.3, 0.4) is 0 Å². The number of hydrogen-bond donors (Lipinski definition) is 2. The van der Waals surface area contributed by atoms with Crippen LogP contribution in [0.1, 0.15) is 38.9 Å². The summed E-state index contributed by atoms with van der Waals surface area (Å²) < 4.78 is 1.76. The molecule has 1 aromatic rings. The van der Waals surface area contributed by atoms with E-state index in [2.05, 4.69) is 44.5 Å². The minimum absolute atomic E-state index is 0. The second kappa shape index (κ2) is 11.6. The van der Waals surface area contributed by atoms with Crippen LogP contribution in [0.5, 0.6) is 0 Å². The van der Waals surface area contributed by atoms with E-state index in [9.17, 15) is 0 Å². The number of piperidine rings is 1. The standard InChI is InChI=1S/C16H31N7.HI/c1-4-17-16(19-11-15-20-13-21-22(15)3)18-10-14(2)12-23-8-6-5-7-9-23;/h13-14H,4-12H2,1-3H3,(H2,17,18,19);1H. The summed E-state index contributed by atoms with van der Waals surface area (Å²) in [5.41, 5.74) is 0. The number of nitrogens with one attached hydrogen (secondary N) is 2. The van der Waals surface area contributed by atoms with Gasteiger partial charge < -0.3 is 15.5 Å². The molecule has 138 valence electrons. The molecule has 24 heavy (non-hydrogen) atoms. The SMILES string of the molecule is CCNC(=NCc1ncnn1C)NCC(C)CN1CCCCC1.I. The number of hydrogen-bond acceptors (Lipinski definition) is 4. The fourth-order valence-corrected chi connectivity index (χ4v) is 2.87. The zero-order valence-corrected chi connectivity index (χ0v) is 17.5. The highest BCUT2D eigenvalue weighted by Crippen LogP contribution is 2.10. The van der Waals surface area contributed by atoms with Gasteiger partial charge in [0.05, 0.1) is 0 Å². The Morgan fingerprint density at radius 2 is 2.04 bits per heavy atom. The summed E-state index contributed by atoms with van der Waals surface area (Å²) in [6.07, 6.45) is 5.65. The Kier molecular flexibility index (Phi) is 10.2. The van der Waals surface area contributed by atoms with Crippen molar-refractivity contribution >= 4 is 29.9 Å². The van der Waals surface area contributed by atoms with Gasteiger partial charge in [0.1, 0.15) is 18.7 Å². The number of aromatic nitrogens is 3. The fraction of sp³-hybridized carbons (Fsp3) is 0.812. The predicted molar refractivity (Wildman–Crippen MR) is 109 cm³/mol. The number of likely N-dealkylation sites (tertiary alicyclic amines) is 1. The monoisotopic (exact) mass is 449 g/mol. The molecule has 1 atom stereocenters. The van der Waals surface area contributed by atoms with Gasteiger partial charge in [0.15, 0.2) is 5.96 Å². The van der Waals surface area contributed by atoms with E-state index < -0.39 is 0 Å². The van der Waals surface area contributed by atoms with Gasteiger partial charge in [-0.1, -0.05) is 13.3 Å². The number of aryl methyl sites for hydroxylation is 1. The molecular formula is C16H32IN7. The van der Waals surface area contributed by atoms with Crippen LogP contribution in [0.2, 0.25) is 0 Å². The third kappa shape index (κ3) is 7.33. The summed E-state index contributed by atoms with van der Waals surface area (Å²) in [6.45, 7) is 10.4. The third-order valence-corrected chi connectivity index (χ3v) is 4.16. The molecule has 0 aromatic carbocycles. The van der Waals surface area contributed by atoms with Crippen LogP contribution in [-0.4, -0.2) is 58.3 Å². The van der Waals surface area contributed by atoms with E-state index in [0.29, 0.717) is 12.5 Å². The Morgan fingerprint density at radius 1 is 1.29 bits per heavy atom. The molecule has 2 N–H and O–H groups in total. The average molecular weight is 449 g/mol. The zero-order chi connectivity index (χ0) is 16.5. The molecule has 0 amide bonds. The van der Waals surface area contributed by atoms with Crippen LogP contribution in [0.15, 0.2) is 11.3 Å². The fourth-order valence-electron chi connectivity index (χ4n) is 2.87. The number of halogens is 1. The summed E-state index contributed by atoms with van der Waals surface area (Å²) in [5, 5.41) is 10.8. The highest BCUT2D eigenvalue weighted by molar-refractivity contribution is 14.0. The first kappa shape index (κ1) is 21.1. The molecule has 2 rings (SSSR count). The van der Waals surface area contributed by atoms with Crippen molar-refractivity contribution < 1.29 is 0 Å². The normalized spacial score (nSPS) is 17.2. The number of guanidine groups is 1. The van der Waals surface area contributed by atoms with Gasteiger partial charge in [-0.3, -0.25) is 4.68 Å². The van der Waals surface area contributed by atoms with E-state index >= 15 is 0 Å². The highest BCUT2D eigenvalue weighted by atomic mass is 127. The van der Waals surface area contributed by atoms with E-state index in [4.69, 9.17) is 0 Å². The Morgan fingerprint density at radius 3 is 2.67 bits per heavy atom. The van der Waals surface area contributed by atoms with Gasteiger partial charge in [0.2, 0.25) is 0 Å². The second-order valence-corrected chi connectivity index (χ2v) is 6.34. The molecule has 1 aliphatic heterocycles. The lowest BCUT2D eigenvalue weighted by Crippen LogP contribution is -2.42. The smallest absolute Gasteiger partial charge is 0.191 e. The zero-order valence-electron chi connectivity index (χ0n) is 15.2. The van der Waals surface area contributed by atoms with Crippen molar-refractivity contribution in [3.8, 4) is 0 Å². The topological polar surface area (TPSA) is 70.4 Å². The van der Waals surface area contributed by atoms with Crippen molar-refractivity contribution in [2.45, 2.75) is 39.7 Å². The van der Waals surface area contributed by atoms with Gasteiger partial charge in [-0.25, -0.2) is 9.98 Å². The van der Waals surface area contributed by atoms with Crippen LogP contribution in [0.25, 0.3) is 0 Å². The molecule has 0 saturated carbocycles. The molecule has 1 aliphatic rings. The molecule has 0 radical (unpaired) electrons. The molecule has 0 spiro atoms. The van der Waals surface area contributed by atoms with E-state index in [0.717, 1.165) is 31.4 Å². The molecule has 0 bridgehead atoms. The molecule has 1 fully saturated rings. The van der Waals surface area contributed by atoms with Crippen molar-refractivity contribution in [2.75, 3.05) is 32.7 Å². The second-order valence-electron chi connectivity index (χ2n) is 6.34. The molecule has 2 heterocycles. The largest absolute Gasteiger partial charge is 0.357 e. The van der Waals surface area contributed by atoms with Gasteiger partial charge >= 0.3 is 0 Å². The molecular weight excluding hydrogens is 417 g/mol. The summed E-state index contributed by atoms with van der Waals surface area (Å²) in [6, 6.07) is 0. The van der Waals surface area contributed by atoms with Gasteiger partial charge in [-0.15, -0.1) is 24.0 Å². The first-order valence-corrected chi connectivity index (χ1v) is 8.76. The van der Waals surface area contributed by atoms with Crippen LogP contribution in [-0.2, 0) is 13.6 Å². The Hall–Kier alpha value is -0.900. The Balaban J connectivity index is 0.00000288. The summed E-state index contributed by atoms with van der Waals surface area (Å²) in [7, 11) is 1.89. The van der Waals surface area contributed by atoms with Crippen molar-refractivity contribution in [1.29, 1.82) is 0 Å². The lowest BCUT2D eigenvalue weighted by Gasteiger charge is -2.29. The first-order valence-electron chi connectivity index (χ1n) is 8.76. The number of aliphatic imine (C=N–C) groups is 1. The lowest BCUT2D eigenvalue weighted by molar-refractivity contribution is 0.201. The maximum absolute atomic E-state index is 4.59. The first-order chi connectivity index (χ1) is 11.2. The molecule has 1 aromatic heterocycles. The maximum Gasteiger partial charge on any atom is 0.191 e. The minimum atomic E-state index is 0. The summed E-state index contributed by atoms with van der Waals surface area (Å²) in [4.78, 5) is 11.4. The predicted octanol–water partition coefficient (Wildman–Crippen LogP) is 1.61. The lowest BCUT2D eigenvalue weighted by atomic mass is 10.1. The molecule has 1 unspecified atom stereocenters. The number of rotatable bonds is 7. The maximum atomic E-state index is 4.59. The third-order valence-electron chi connectivity index (χ3n) is 4.16. The van der Waals surface area contributed by atoms with Crippen LogP contribution in [0.4, 0.5) is 0 Å². The average Bonchev–Trinajstić information content (AvgIpc) is 2.96. The summed E-state index contributed by atoms with van der Waals surface area (Å²) >= 11 is 0. The van der Waals surface area contributed by atoms with E-state index in [-0.39, 0.29) is 24.0 Å². The van der Waals surface area contributed by atoms with Crippen LogP contribution < -0.4 is 10.6 Å². The van der Waals surface area contributed by atoms with E-state index in [1.54, 1.807) is 11.0 Å². The molecule has 0 aliphatic carbocycles. The number of nitrogens with zero attached hydrogens (tertiary/aromatic N) is 5. The molecule has 8 heteroatoms. The van der Waals surface area contributed by atoms with Gasteiger partial charge in [0, 0.05) is 26.7 Å². The Bertz CT molecular complexity index is 483. The van der Waals surface area contributed by atoms with E-state index in [1.807, 2.05) is 7.05 Å².